The van der Waals surface area contributed by atoms with Crippen molar-refractivity contribution in [3.63, 3.8) is 0 Å². The van der Waals surface area contributed by atoms with E-state index >= 15 is 0 Å². The quantitative estimate of drug-likeness (QED) is 0.454. The number of hydrogen-bond acceptors (Lipinski definition) is 8. The standard InChI is InChI=1S/C13H15N7O5/c1-4-6-9(20(23)24)8(17-16-6)10-14-7(18-25-10)5-19-11(21)13(2,3)15-12(19)22/h4-5H2,1-3H3,(H,15,22)(H,16,17). The van der Waals surface area contributed by atoms with Gasteiger partial charge in [0.05, 0.1) is 11.5 Å². The summed E-state index contributed by atoms with van der Waals surface area (Å²) >= 11 is 0. The molecule has 1 fully saturated rings. The van der Waals surface area contributed by atoms with Crippen LogP contribution >= 0.6 is 0 Å². The highest BCUT2D eigenvalue weighted by atomic mass is 16.6. The van der Waals surface area contributed by atoms with Gasteiger partial charge in [0.2, 0.25) is 5.69 Å². The van der Waals surface area contributed by atoms with Crippen molar-refractivity contribution < 1.29 is 19.0 Å². The van der Waals surface area contributed by atoms with E-state index in [0.29, 0.717) is 12.1 Å². The number of carbonyl (C=O) groups is 2. The molecule has 12 nitrogen and oxygen atoms in total. The summed E-state index contributed by atoms with van der Waals surface area (Å²) in [4.78, 5) is 39.6. The lowest BCUT2D eigenvalue weighted by molar-refractivity contribution is -0.384. The van der Waals surface area contributed by atoms with Crippen molar-refractivity contribution in [3.8, 4) is 11.6 Å². The molecule has 3 amide bonds. The average Bonchev–Trinajstić information content (AvgIpc) is 3.20. The van der Waals surface area contributed by atoms with Crippen LogP contribution in [0.5, 0.6) is 0 Å². The van der Waals surface area contributed by atoms with E-state index in [-0.39, 0.29) is 29.6 Å². The number of nitrogens with one attached hydrogen (secondary N) is 2. The van der Waals surface area contributed by atoms with E-state index in [1.54, 1.807) is 20.8 Å². The second-order valence-corrected chi connectivity index (χ2v) is 5.97. The summed E-state index contributed by atoms with van der Waals surface area (Å²) in [6, 6.07) is -0.569. The number of rotatable bonds is 5. The third-order valence-electron chi connectivity index (χ3n) is 3.76. The molecule has 25 heavy (non-hydrogen) atoms. The van der Waals surface area contributed by atoms with Gasteiger partial charge in [-0.1, -0.05) is 12.1 Å². The van der Waals surface area contributed by atoms with Crippen LogP contribution < -0.4 is 5.32 Å². The second-order valence-electron chi connectivity index (χ2n) is 5.97. The van der Waals surface area contributed by atoms with E-state index in [1.807, 2.05) is 0 Å². The fourth-order valence-electron chi connectivity index (χ4n) is 2.48. The minimum atomic E-state index is -1.01. The van der Waals surface area contributed by atoms with Gasteiger partial charge < -0.3 is 9.84 Å². The van der Waals surface area contributed by atoms with Crippen molar-refractivity contribution in [3.05, 3.63) is 21.6 Å². The van der Waals surface area contributed by atoms with Gasteiger partial charge in [0.25, 0.3) is 11.8 Å². The van der Waals surface area contributed by atoms with E-state index in [1.165, 1.54) is 0 Å². The van der Waals surface area contributed by atoms with E-state index in [4.69, 9.17) is 4.52 Å². The molecule has 2 N–H and O–H groups in total. The smallest absolute Gasteiger partial charge is 0.325 e. The van der Waals surface area contributed by atoms with Crippen LogP contribution in [-0.2, 0) is 17.8 Å². The maximum absolute atomic E-state index is 12.2. The number of urea groups is 1. The predicted octanol–water partition coefficient (Wildman–Crippen LogP) is 0.761. The first-order valence-electron chi connectivity index (χ1n) is 7.43. The van der Waals surface area contributed by atoms with Crippen LogP contribution in [0.2, 0.25) is 0 Å². The number of nitro groups is 1. The summed E-state index contributed by atoms with van der Waals surface area (Å²) < 4.78 is 5.01. The fourth-order valence-corrected chi connectivity index (χ4v) is 2.48. The molecule has 0 aromatic carbocycles. The molecular formula is C13H15N7O5. The van der Waals surface area contributed by atoms with E-state index in [0.717, 1.165) is 4.90 Å². The number of amides is 3. The molecule has 2 aromatic heterocycles. The Bertz CT molecular complexity index is 868. The Kier molecular flexibility index (Phi) is 3.74. The summed E-state index contributed by atoms with van der Waals surface area (Å²) in [5.41, 5.74) is -1.01. The van der Waals surface area contributed by atoms with Crippen LogP contribution in [0, 0.1) is 10.1 Å². The van der Waals surface area contributed by atoms with Crippen LogP contribution in [0.4, 0.5) is 10.5 Å². The number of aromatic nitrogens is 4. The lowest BCUT2D eigenvalue weighted by Gasteiger charge is -2.14. The second kappa shape index (κ2) is 5.65. The number of aryl methyl sites for hydroxylation is 1. The van der Waals surface area contributed by atoms with Gasteiger partial charge in [0, 0.05) is 0 Å². The van der Waals surface area contributed by atoms with Gasteiger partial charge in [0.15, 0.2) is 5.82 Å². The lowest BCUT2D eigenvalue weighted by Crippen LogP contribution is -2.40. The van der Waals surface area contributed by atoms with Gasteiger partial charge in [-0.25, -0.2) is 4.79 Å². The van der Waals surface area contributed by atoms with Gasteiger partial charge in [-0.3, -0.25) is 24.9 Å². The SMILES string of the molecule is CCc1[nH]nc(-c2nc(CN3C(=O)NC(C)(C)C3=O)no2)c1[N+](=O)[O-]. The normalized spacial score (nSPS) is 16.4. The third kappa shape index (κ3) is 2.70. The first kappa shape index (κ1) is 16.5. The first-order valence-corrected chi connectivity index (χ1v) is 7.43. The molecule has 0 atom stereocenters. The first-order chi connectivity index (χ1) is 11.7. The summed E-state index contributed by atoms with van der Waals surface area (Å²) in [5.74, 6) is -0.557. The maximum atomic E-state index is 12.2. The number of nitrogens with zero attached hydrogens (tertiary/aromatic N) is 5. The van der Waals surface area contributed by atoms with Crippen LogP contribution in [0.1, 0.15) is 32.3 Å². The van der Waals surface area contributed by atoms with Crippen molar-refractivity contribution in [2.45, 2.75) is 39.3 Å². The molecule has 0 radical (unpaired) electrons. The Balaban J connectivity index is 1.87. The Morgan fingerprint density at radius 1 is 1.36 bits per heavy atom. The van der Waals surface area contributed by atoms with E-state index in [9.17, 15) is 19.7 Å². The van der Waals surface area contributed by atoms with Gasteiger partial charge >= 0.3 is 11.7 Å². The fraction of sp³-hybridized carbons (Fsp3) is 0.462. The monoisotopic (exact) mass is 349 g/mol. The summed E-state index contributed by atoms with van der Waals surface area (Å²) in [5, 5.41) is 23.8. The lowest BCUT2D eigenvalue weighted by atomic mass is 10.1. The van der Waals surface area contributed by atoms with Gasteiger partial charge in [-0.2, -0.15) is 10.1 Å². The molecule has 0 aliphatic carbocycles. The number of carbonyl (C=O) groups excluding carboxylic acids is 2. The Morgan fingerprint density at radius 2 is 2.08 bits per heavy atom. The number of aromatic amines is 1. The Hall–Kier alpha value is -3.31. The molecule has 3 heterocycles. The van der Waals surface area contributed by atoms with E-state index in [2.05, 4.69) is 25.7 Å². The van der Waals surface area contributed by atoms with E-state index < -0.39 is 22.4 Å². The molecule has 132 valence electrons. The Labute approximate surface area is 140 Å². The molecule has 0 unspecified atom stereocenters. The molecule has 0 bridgehead atoms. The number of hydrogen-bond donors (Lipinski definition) is 2. The largest absolute Gasteiger partial charge is 0.332 e. The van der Waals surface area contributed by atoms with Crippen molar-refractivity contribution in [2.24, 2.45) is 0 Å². The number of imide groups is 1. The molecule has 1 aliphatic heterocycles. The molecule has 0 saturated carbocycles. The average molecular weight is 349 g/mol. The highest BCUT2D eigenvalue weighted by molar-refractivity contribution is 6.06. The number of H-pyrrole nitrogens is 1. The molecule has 2 aromatic rings. The van der Waals surface area contributed by atoms with Gasteiger partial charge in [0.1, 0.15) is 11.2 Å². The zero-order chi connectivity index (χ0) is 18.4. The molecular weight excluding hydrogens is 334 g/mol. The third-order valence-corrected chi connectivity index (χ3v) is 3.76. The van der Waals surface area contributed by atoms with Crippen molar-refractivity contribution >= 4 is 17.6 Å². The summed E-state index contributed by atoms with van der Waals surface area (Å²) in [6.45, 7) is 4.68. The zero-order valence-corrected chi connectivity index (χ0v) is 13.7. The minimum Gasteiger partial charge on any atom is -0.332 e. The van der Waals surface area contributed by atoms with Crippen LogP contribution in [-0.4, -0.2) is 47.6 Å². The molecule has 3 rings (SSSR count). The van der Waals surface area contributed by atoms with Crippen molar-refractivity contribution in [1.82, 2.24) is 30.6 Å². The van der Waals surface area contributed by atoms with Gasteiger partial charge in [-0.05, 0) is 20.3 Å². The zero-order valence-electron chi connectivity index (χ0n) is 13.7. The predicted molar refractivity (Wildman–Crippen MR) is 81.1 cm³/mol. The van der Waals surface area contributed by atoms with Crippen LogP contribution in [0.15, 0.2) is 4.52 Å². The van der Waals surface area contributed by atoms with Crippen molar-refractivity contribution in [2.75, 3.05) is 0 Å². The highest BCUT2D eigenvalue weighted by Crippen LogP contribution is 2.30. The molecule has 0 spiro atoms. The molecule has 12 heteroatoms. The molecule has 1 aliphatic rings. The Morgan fingerprint density at radius 3 is 2.64 bits per heavy atom. The highest BCUT2D eigenvalue weighted by Gasteiger charge is 2.44. The maximum Gasteiger partial charge on any atom is 0.325 e. The van der Waals surface area contributed by atoms with Gasteiger partial charge in [-0.15, -0.1) is 0 Å². The topological polar surface area (TPSA) is 160 Å². The summed E-state index contributed by atoms with van der Waals surface area (Å²) in [7, 11) is 0. The minimum absolute atomic E-state index is 0.0338. The summed E-state index contributed by atoms with van der Waals surface area (Å²) in [6.07, 6.45) is 0.377. The van der Waals surface area contributed by atoms with Crippen LogP contribution in [0.25, 0.3) is 11.6 Å². The van der Waals surface area contributed by atoms with Crippen LogP contribution in [0.3, 0.4) is 0 Å². The van der Waals surface area contributed by atoms with Crippen molar-refractivity contribution in [1.29, 1.82) is 0 Å². The molecule has 1 saturated heterocycles.